The van der Waals surface area contributed by atoms with E-state index in [4.69, 9.17) is 4.42 Å². The van der Waals surface area contributed by atoms with Crippen molar-refractivity contribution in [1.29, 1.82) is 0 Å². The van der Waals surface area contributed by atoms with Crippen molar-refractivity contribution >= 4 is 0 Å². The first-order valence-corrected chi connectivity index (χ1v) is 6.93. The van der Waals surface area contributed by atoms with Gasteiger partial charge in [0.2, 0.25) is 11.8 Å². The predicted octanol–water partition coefficient (Wildman–Crippen LogP) is 4.05. The summed E-state index contributed by atoms with van der Waals surface area (Å²) in [6.07, 6.45) is 2.63. The van der Waals surface area contributed by atoms with E-state index in [0.29, 0.717) is 17.3 Å². The second-order valence-electron chi connectivity index (χ2n) is 4.85. The van der Waals surface area contributed by atoms with Gasteiger partial charge in [-0.2, -0.15) is 0 Å². The van der Waals surface area contributed by atoms with Gasteiger partial charge >= 0.3 is 0 Å². The van der Waals surface area contributed by atoms with Crippen molar-refractivity contribution in [2.75, 3.05) is 0 Å². The summed E-state index contributed by atoms with van der Waals surface area (Å²) in [5, 5.41) is 7.98. The van der Waals surface area contributed by atoms with Crippen LogP contribution in [0.3, 0.4) is 0 Å². The number of aryl methyl sites for hydroxylation is 2. The zero-order valence-corrected chi connectivity index (χ0v) is 11.5. The molecule has 0 saturated heterocycles. The molecule has 1 aromatic heterocycles. The minimum atomic E-state index is -0.309. The zero-order valence-electron chi connectivity index (χ0n) is 11.5. The predicted molar refractivity (Wildman–Crippen MR) is 78.2 cm³/mol. The van der Waals surface area contributed by atoms with Gasteiger partial charge in [-0.05, 0) is 36.6 Å². The first-order chi connectivity index (χ1) is 10.3. The second-order valence-corrected chi connectivity index (χ2v) is 4.85. The summed E-state index contributed by atoms with van der Waals surface area (Å²) in [5.74, 6) is 0.644. The molecule has 0 aliphatic carbocycles. The number of hydrogen-bond donors (Lipinski definition) is 0. The fourth-order valence-corrected chi connectivity index (χ4v) is 2.18. The molecule has 21 heavy (non-hydrogen) atoms. The van der Waals surface area contributed by atoms with E-state index in [2.05, 4.69) is 22.3 Å². The van der Waals surface area contributed by atoms with E-state index in [9.17, 15) is 4.39 Å². The summed E-state index contributed by atoms with van der Waals surface area (Å²) in [4.78, 5) is 0. The molecule has 0 unspecified atom stereocenters. The van der Waals surface area contributed by atoms with Gasteiger partial charge in [0.25, 0.3) is 0 Å². The summed E-state index contributed by atoms with van der Waals surface area (Å²) in [5.41, 5.74) is 1.90. The van der Waals surface area contributed by atoms with Gasteiger partial charge in [-0.25, -0.2) is 4.39 Å². The third-order valence-corrected chi connectivity index (χ3v) is 3.24. The molecule has 0 amide bonds. The average molecular weight is 282 g/mol. The van der Waals surface area contributed by atoms with Gasteiger partial charge in [-0.3, -0.25) is 0 Å². The van der Waals surface area contributed by atoms with Crippen LogP contribution in [0, 0.1) is 5.82 Å². The molecule has 0 fully saturated rings. The minimum Gasteiger partial charge on any atom is -0.421 e. The maximum Gasteiger partial charge on any atom is 0.247 e. The quantitative estimate of drug-likeness (QED) is 0.708. The fraction of sp³-hybridized carbons (Fsp3) is 0.176. The Morgan fingerprint density at radius 2 is 1.76 bits per heavy atom. The van der Waals surface area contributed by atoms with Gasteiger partial charge in [0.05, 0.1) is 0 Å². The molecule has 0 bridgehead atoms. The van der Waals surface area contributed by atoms with Crippen LogP contribution >= 0.6 is 0 Å². The molecule has 3 aromatic rings. The molecular weight excluding hydrogens is 267 g/mol. The van der Waals surface area contributed by atoms with Crippen molar-refractivity contribution in [1.82, 2.24) is 10.2 Å². The molecule has 0 spiro atoms. The average Bonchev–Trinajstić information content (AvgIpc) is 2.97. The van der Waals surface area contributed by atoms with Gasteiger partial charge in [0.1, 0.15) is 5.82 Å². The lowest BCUT2D eigenvalue weighted by molar-refractivity contribution is 0.497. The summed E-state index contributed by atoms with van der Waals surface area (Å²) in [7, 11) is 0. The smallest absolute Gasteiger partial charge is 0.247 e. The van der Waals surface area contributed by atoms with Gasteiger partial charge in [0.15, 0.2) is 0 Å². The van der Waals surface area contributed by atoms with Crippen molar-refractivity contribution in [2.24, 2.45) is 0 Å². The van der Waals surface area contributed by atoms with Crippen LogP contribution in [-0.4, -0.2) is 10.2 Å². The summed E-state index contributed by atoms with van der Waals surface area (Å²) >= 11 is 0. The van der Waals surface area contributed by atoms with Crippen LogP contribution in [0.25, 0.3) is 11.5 Å². The largest absolute Gasteiger partial charge is 0.421 e. The van der Waals surface area contributed by atoms with Crippen LogP contribution in [-0.2, 0) is 12.8 Å². The number of benzene rings is 2. The third-order valence-electron chi connectivity index (χ3n) is 3.24. The Labute approximate surface area is 122 Å². The molecule has 2 aromatic carbocycles. The van der Waals surface area contributed by atoms with Crippen LogP contribution < -0.4 is 0 Å². The first kappa shape index (κ1) is 13.5. The Morgan fingerprint density at radius 3 is 2.57 bits per heavy atom. The van der Waals surface area contributed by atoms with Crippen molar-refractivity contribution in [3.63, 3.8) is 0 Å². The molecular formula is C17H15FN2O. The van der Waals surface area contributed by atoms with E-state index >= 15 is 0 Å². The Kier molecular flexibility index (Phi) is 4.05. The molecule has 0 atom stereocenters. The van der Waals surface area contributed by atoms with Crippen molar-refractivity contribution in [3.8, 4) is 11.5 Å². The Morgan fingerprint density at radius 1 is 0.905 bits per heavy atom. The standard InChI is InChI=1S/C17H15FN2O/c18-15-10-5-9-14(12-15)17-20-19-16(21-17)11-4-8-13-6-2-1-3-7-13/h1-3,5-7,9-10,12H,4,8,11H2. The summed E-state index contributed by atoms with van der Waals surface area (Å²) < 4.78 is 18.7. The molecule has 1 heterocycles. The number of aromatic nitrogens is 2. The highest BCUT2D eigenvalue weighted by molar-refractivity contribution is 5.52. The normalized spacial score (nSPS) is 10.7. The molecule has 106 valence electrons. The molecule has 0 radical (unpaired) electrons. The number of nitrogens with zero attached hydrogens (tertiary/aromatic N) is 2. The van der Waals surface area contributed by atoms with Crippen LogP contribution in [0.2, 0.25) is 0 Å². The number of halogens is 1. The molecule has 0 aliphatic heterocycles. The zero-order chi connectivity index (χ0) is 14.5. The summed E-state index contributed by atoms with van der Waals surface area (Å²) in [6, 6.07) is 16.4. The maximum atomic E-state index is 13.2. The van der Waals surface area contributed by atoms with E-state index in [1.165, 1.54) is 17.7 Å². The maximum absolute atomic E-state index is 13.2. The number of hydrogen-bond acceptors (Lipinski definition) is 3. The van der Waals surface area contributed by atoms with Crippen LogP contribution in [0.4, 0.5) is 4.39 Å². The van der Waals surface area contributed by atoms with Crippen LogP contribution in [0.1, 0.15) is 17.9 Å². The van der Waals surface area contributed by atoms with Crippen molar-refractivity contribution in [2.45, 2.75) is 19.3 Å². The molecule has 0 saturated carbocycles. The van der Waals surface area contributed by atoms with Gasteiger partial charge in [-0.15, -0.1) is 10.2 Å². The Hall–Kier alpha value is -2.49. The third kappa shape index (κ3) is 3.54. The Bertz CT molecular complexity index is 710. The van der Waals surface area contributed by atoms with Crippen molar-refractivity contribution in [3.05, 3.63) is 71.9 Å². The van der Waals surface area contributed by atoms with Gasteiger partial charge in [0, 0.05) is 12.0 Å². The highest BCUT2D eigenvalue weighted by Gasteiger charge is 2.09. The van der Waals surface area contributed by atoms with Crippen molar-refractivity contribution < 1.29 is 8.81 Å². The van der Waals surface area contributed by atoms with Crippen LogP contribution in [0.15, 0.2) is 59.0 Å². The van der Waals surface area contributed by atoms with Gasteiger partial charge in [-0.1, -0.05) is 36.4 Å². The lowest BCUT2D eigenvalue weighted by atomic mass is 10.1. The van der Waals surface area contributed by atoms with E-state index < -0.39 is 0 Å². The monoisotopic (exact) mass is 282 g/mol. The van der Waals surface area contributed by atoms with E-state index in [1.54, 1.807) is 12.1 Å². The lowest BCUT2D eigenvalue weighted by Gasteiger charge is -1.98. The summed E-state index contributed by atoms with van der Waals surface area (Å²) in [6.45, 7) is 0. The highest BCUT2D eigenvalue weighted by atomic mass is 19.1. The molecule has 3 rings (SSSR count). The SMILES string of the molecule is Fc1cccc(-c2nnc(CCCc3ccccc3)o2)c1. The van der Waals surface area contributed by atoms with E-state index in [0.717, 1.165) is 19.3 Å². The topological polar surface area (TPSA) is 38.9 Å². The molecule has 0 aliphatic rings. The highest BCUT2D eigenvalue weighted by Crippen LogP contribution is 2.19. The molecule has 0 N–H and O–H groups in total. The fourth-order valence-electron chi connectivity index (χ4n) is 2.18. The van der Waals surface area contributed by atoms with Gasteiger partial charge < -0.3 is 4.42 Å². The lowest BCUT2D eigenvalue weighted by Crippen LogP contribution is -1.90. The van der Waals surface area contributed by atoms with E-state index in [1.807, 2.05) is 18.2 Å². The molecule has 4 heteroatoms. The Balaban J connectivity index is 1.60. The first-order valence-electron chi connectivity index (χ1n) is 6.93. The number of rotatable bonds is 5. The minimum absolute atomic E-state index is 0.309. The van der Waals surface area contributed by atoms with E-state index in [-0.39, 0.29) is 5.82 Å². The molecule has 3 nitrogen and oxygen atoms in total. The second kappa shape index (κ2) is 6.31. The van der Waals surface area contributed by atoms with Crippen LogP contribution in [0.5, 0.6) is 0 Å².